The van der Waals surface area contributed by atoms with Gasteiger partial charge in [-0.15, -0.1) is 11.8 Å². The molecule has 0 spiro atoms. The van der Waals surface area contributed by atoms with Gasteiger partial charge < -0.3 is 5.32 Å². The van der Waals surface area contributed by atoms with Crippen LogP contribution >= 0.6 is 39.3 Å². The van der Waals surface area contributed by atoms with Gasteiger partial charge in [0.25, 0.3) is 0 Å². The van der Waals surface area contributed by atoms with Crippen molar-refractivity contribution in [2.45, 2.75) is 24.0 Å². The van der Waals surface area contributed by atoms with Crippen molar-refractivity contribution in [2.24, 2.45) is 0 Å². The van der Waals surface area contributed by atoms with Crippen LogP contribution in [0.3, 0.4) is 0 Å². The lowest BCUT2D eigenvalue weighted by Crippen LogP contribution is -2.04. The summed E-state index contributed by atoms with van der Waals surface area (Å²) in [5, 5.41) is 3.84. The molecular formula is C14H15BrClN3S. The average Bonchev–Trinajstić information content (AvgIpc) is 2.47. The van der Waals surface area contributed by atoms with Crippen molar-refractivity contribution in [3.05, 3.63) is 45.3 Å². The third kappa shape index (κ3) is 3.87. The van der Waals surface area contributed by atoms with Crippen LogP contribution < -0.4 is 5.32 Å². The van der Waals surface area contributed by atoms with E-state index in [0.29, 0.717) is 0 Å². The molecule has 0 atom stereocenters. The van der Waals surface area contributed by atoms with E-state index < -0.39 is 0 Å². The summed E-state index contributed by atoms with van der Waals surface area (Å²) in [7, 11) is 1.86. The van der Waals surface area contributed by atoms with Crippen molar-refractivity contribution >= 4 is 45.1 Å². The second kappa shape index (κ2) is 7.29. The third-order valence-electron chi connectivity index (χ3n) is 2.72. The van der Waals surface area contributed by atoms with Gasteiger partial charge in [-0.1, -0.05) is 18.5 Å². The zero-order valence-corrected chi connectivity index (χ0v) is 14.4. The normalized spacial score (nSPS) is 10.6. The largest absolute Gasteiger partial charge is 0.372 e. The number of hydrogen-bond acceptors (Lipinski definition) is 4. The lowest BCUT2D eigenvalue weighted by atomic mass is 10.3. The summed E-state index contributed by atoms with van der Waals surface area (Å²) in [4.78, 5) is 10.3. The SMILES string of the molecule is CCc1nc(CSc2ccc(Cl)cc2)nc(NC)c1Br. The number of anilines is 1. The smallest absolute Gasteiger partial charge is 0.144 e. The minimum absolute atomic E-state index is 0.733. The summed E-state index contributed by atoms with van der Waals surface area (Å²) >= 11 is 11.1. The van der Waals surface area contributed by atoms with Gasteiger partial charge in [-0.25, -0.2) is 9.97 Å². The molecule has 20 heavy (non-hydrogen) atoms. The molecule has 1 aromatic heterocycles. The lowest BCUT2D eigenvalue weighted by molar-refractivity contribution is 0.930. The van der Waals surface area contributed by atoms with Crippen LogP contribution in [-0.4, -0.2) is 17.0 Å². The van der Waals surface area contributed by atoms with Crippen molar-refractivity contribution in [1.29, 1.82) is 0 Å². The Bertz CT molecular complexity index is 564. The van der Waals surface area contributed by atoms with Crippen LogP contribution in [0.25, 0.3) is 0 Å². The molecule has 1 heterocycles. The summed E-state index contributed by atoms with van der Waals surface area (Å²) in [6, 6.07) is 7.79. The molecule has 0 aliphatic rings. The topological polar surface area (TPSA) is 37.8 Å². The van der Waals surface area contributed by atoms with E-state index in [2.05, 4.69) is 38.1 Å². The van der Waals surface area contributed by atoms with Gasteiger partial charge in [-0.05, 0) is 46.6 Å². The number of nitrogens with zero attached hydrogens (tertiary/aromatic N) is 2. The predicted octanol–water partition coefficient (Wildman–Crippen LogP) is 4.79. The van der Waals surface area contributed by atoms with Crippen molar-refractivity contribution in [3.63, 3.8) is 0 Å². The Morgan fingerprint density at radius 1 is 1.25 bits per heavy atom. The molecule has 3 nitrogen and oxygen atoms in total. The molecule has 6 heteroatoms. The molecule has 0 fully saturated rings. The number of aryl methyl sites for hydroxylation is 1. The fourth-order valence-electron chi connectivity index (χ4n) is 1.69. The Hall–Kier alpha value is -0.780. The van der Waals surface area contributed by atoms with Crippen molar-refractivity contribution in [1.82, 2.24) is 9.97 Å². The molecule has 1 N–H and O–H groups in total. The van der Waals surface area contributed by atoms with Gasteiger partial charge in [0, 0.05) is 17.0 Å². The maximum atomic E-state index is 5.88. The first-order valence-electron chi connectivity index (χ1n) is 6.25. The average molecular weight is 373 g/mol. The first-order valence-corrected chi connectivity index (χ1v) is 8.41. The molecule has 2 rings (SSSR count). The molecule has 0 aliphatic carbocycles. The summed E-state index contributed by atoms with van der Waals surface area (Å²) in [5.41, 5.74) is 1.02. The van der Waals surface area contributed by atoms with Gasteiger partial charge in [0.05, 0.1) is 15.9 Å². The van der Waals surface area contributed by atoms with Crippen molar-refractivity contribution < 1.29 is 0 Å². The van der Waals surface area contributed by atoms with Crippen LogP contribution in [0.2, 0.25) is 5.02 Å². The standard InChI is InChI=1S/C14H15BrClN3S/c1-3-11-13(15)14(17-2)19-12(18-11)8-20-10-6-4-9(16)5-7-10/h4-7H,3,8H2,1-2H3,(H,17,18,19). The maximum absolute atomic E-state index is 5.88. The van der Waals surface area contributed by atoms with Gasteiger partial charge in [0.15, 0.2) is 0 Å². The van der Waals surface area contributed by atoms with Crippen LogP contribution in [0.5, 0.6) is 0 Å². The highest BCUT2D eigenvalue weighted by molar-refractivity contribution is 9.10. The molecular weight excluding hydrogens is 358 g/mol. The molecule has 1 aromatic carbocycles. The predicted molar refractivity (Wildman–Crippen MR) is 89.7 cm³/mol. The number of halogens is 2. The molecule has 2 aromatic rings. The Balaban J connectivity index is 2.14. The summed E-state index contributed by atoms with van der Waals surface area (Å²) < 4.78 is 0.947. The van der Waals surface area contributed by atoms with Gasteiger partial charge in [-0.2, -0.15) is 0 Å². The number of aromatic nitrogens is 2. The monoisotopic (exact) mass is 371 g/mol. The van der Waals surface area contributed by atoms with E-state index in [0.717, 1.165) is 43.9 Å². The second-order valence-corrected chi connectivity index (χ2v) is 6.37. The highest BCUT2D eigenvalue weighted by Gasteiger charge is 2.10. The van der Waals surface area contributed by atoms with Gasteiger partial charge in [0.2, 0.25) is 0 Å². The van der Waals surface area contributed by atoms with Gasteiger partial charge >= 0.3 is 0 Å². The first kappa shape index (κ1) is 15.6. The molecule has 0 saturated heterocycles. The quantitative estimate of drug-likeness (QED) is 0.766. The second-order valence-electron chi connectivity index (χ2n) is 4.10. The highest BCUT2D eigenvalue weighted by atomic mass is 79.9. The van der Waals surface area contributed by atoms with Crippen molar-refractivity contribution in [3.8, 4) is 0 Å². The minimum atomic E-state index is 0.733. The molecule has 106 valence electrons. The fourth-order valence-corrected chi connectivity index (χ4v) is 3.22. The number of nitrogens with one attached hydrogen (secondary N) is 1. The molecule has 0 unspecified atom stereocenters. The molecule has 0 aliphatic heterocycles. The maximum Gasteiger partial charge on any atom is 0.144 e. The van der Waals surface area contributed by atoms with E-state index in [9.17, 15) is 0 Å². The van der Waals surface area contributed by atoms with E-state index in [1.165, 1.54) is 0 Å². The zero-order chi connectivity index (χ0) is 14.5. The van der Waals surface area contributed by atoms with Crippen LogP contribution in [-0.2, 0) is 12.2 Å². The van der Waals surface area contributed by atoms with Crippen molar-refractivity contribution in [2.75, 3.05) is 12.4 Å². The zero-order valence-electron chi connectivity index (χ0n) is 11.3. The fraction of sp³-hybridized carbons (Fsp3) is 0.286. The van der Waals surface area contributed by atoms with Crippen LogP contribution in [0.4, 0.5) is 5.82 Å². The van der Waals surface area contributed by atoms with E-state index >= 15 is 0 Å². The minimum Gasteiger partial charge on any atom is -0.372 e. The Morgan fingerprint density at radius 2 is 1.95 bits per heavy atom. The first-order chi connectivity index (χ1) is 9.63. The third-order valence-corrected chi connectivity index (χ3v) is 4.81. The highest BCUT2D eigenvalue weighted by Crippen LogP contribution is 2.27. The van der Waals surface area contributed by atoms with E-state index in [1.807, 2.05) is 31.3 Å². The number of hydrogen-bond donors (Lipinski definition) is 1. The van der Waals surface area contributed by atoms with Crippen LogP contribution in [0, 0.1) is 0 Å². The van der Waals surface area contributed by atoms with E-state index in [4.69, 9.17) is 11.6 Å². The Kier molecular flexibility index (Phi) is 5.69. The number of rotatable bonds is 5. The summed E-state index contributed by atoms with van der Waals surface area (Å²) in [6.45, 7) is 2.09. The number of thioether (sulfide) groups is 1. The molecule has 0 bridgehead atoms. The van der Waals surface area contributed by atoms with Crippen LogP contribution in [0.1, 0.15) is 18.4 Å². The molecule has 0 radical (unpaired) electrons. The lowest BCUT2D eigenvalue weighted by Gasteiger charge is -2.10. The summed E-state index contributed by atoms with van der Waals surface area (Å²) in [5.74, 6) is 2.40. The van der Waals surface area contributed by atoms with Gasteiger partial charge in [-0.3, -0.25) is 0 Å². The van der Waals surface area contributed by atoms with E-state index in [1.54, 1.807) is 11.8 Å². The molecule has 0 saturated carbocycles. The van der Waals surface area contributed by atoms with E-state index in [-0.39, 0.29) is 0 Å². The Morgan fingerprint density at radius 3 is 2.55 bits per heavy atom. The molecule has 0 amide bonds. The number of benzene rings is 1. The Labute approximate surface area is 136 Å². The summed E-state index contributed by atoms with van der Waals surface area (Å²) in [6.07, 6.45) is 0.871. The van der Waals surface area contributed by atoms with Gasteiger partial charge in [0.1, 0.15) is 11.6 Å². The van der Waals surface area contributed by atoms with Crippen LogP contribution in [0.15, 0.2) is 33.6 Å².